The first-order valence-corrected chi connectivity index (χ1v) is 7.66. The van der Waals surface area contributed by atoms with E-state index >= 15 is 0 Å². The molecule has 1 rings (SSSR count). The molecule has 0 heterocycles. The Morgan fingerprint density at radius 2 is 1.81 bits per heavy atom. The van der Waals surface area contributed by atoms with Gasteiger partial charge in [-0.05, 0) is 25.3 Å². The van der Waals surface area contributed by atoms with Crippen LogP contribution in [0.2, 0.25) is 15.1 Å². The SMILES string of the molecule is CC(C)(CCCCOc1cc(Cl)c(Cl)cc1Cl)/C(N)=N/O. The summed E-state index contributed by atoms with van der Waals surface area (Å²) in [6, 6.07) is 3.16. The van der Waals surface area contributed by atoms with Crippen molar-refractivity contribution in [3.05, 3.63) is 27.2 Å². The third kappa shape index (κ3) is 5.46. The summed E-state index contributed by atoms with van der Waals surface area (Å²) in [4.78, 5) is 0. The Morgan fingerprint density at radius 1 is 1.19 bits per heavy atom. The normalized spacial score (nSPS) is 12.5. The second kappa shape index (κ2) is 7.97. The van der Waals surface area contributed by atoms with Crippen LogP contribution in [0.15, 0.2) is 17.3 Å². The molecule has 3 N–H and O–H groups in total. The number of oxime groups is 1. The summed E-state index contributed by atoms with van der Waals surface area (Å²) in [5.74, 6) is 0.748. The maximum atomic E-state index is 8.70. The fourth-order valence-electron chi connectivity index (χ4n) is 1.73. The standard InChI is InChI=1S/C14H19Cl3N2O2/c1-14(2,13(18)19-20)5-3-4-6-21-12-8-10(16)9(15)7-11(12)17/h7-8,20H,3-6H2,1-2H3,(H2,18,19). The van der Waals surface area contributed by atoms with E-state index in [2.05, 4.69) is 5.16 Å². The minimum Gasteiger partial charge on any atom is -0.492 e. The molecule has 0 radical (unpaired) electrons. The smallest absolute Gasteiger partial charge is 0.144 e. The highest BCUT2D eigenvalue weighted by atomic mass is 35.5. The summed E-state index contributed by atoms with van der Waals surface area (Å²) in [7, 11) is 0. The van der Waals surface area contributed by atoms with Crippen LogP contribution in [0.1, 0.15) is 33.1 Å². The molecule has 0 bridgehead atoms. The molecule has 1 aromatic rings. The molecule has 4 nitrogen and oxygen atoms in total. The molecular weight excluding hydrogens is 335 g/mol. The van der Waals surface area contributed by atoms with Gasteiger partial charge in [-0.25, -0.2) is 0 Å². The maximum Gasteiger partial charge on any atom is 0.144 e. The lowest BCUT2D eigenvalue weighted by molar-refractivity contribution is 0.288. The van der Waals surface area contributed by atoms with Gasteiger partial charge in [0.25, 0.3) is 0 Å². The number of unbranched alkanes of at least 4 members (excludes halogenated alkanes) is 1. The van der Waals surface area contributed by atoms with Gasteiger partial charge in [0.1, 0.15) is 11.6 Å². The number of nitrogens with two attached hydrogens (primary N) is 1. The molecular formula is C14H19Cl3N2O2. The van der Waals surface area contributed by atoms with Crippen LogP contribution >= 0.6 is 34.8 Å². The van der Waals surface area contributed by atoms with Crippen LogP contribution in [0.4, 0.5) is 0 Å². The number of halogens is 3. The van der Waals surface area contributed by atoms with Crippen molar-refractivity contribution in [3.8, 4) is 5.75 Å². The topological polar surface area (TPSA) is 67.8 Å². The van der Waals surface area contributed by atoms with E-state index in [9.17, 15) is 0 Å². The third-order valence-electron chi connectivity index (χ3n) is 3.23. The van der Waals surface area contributed by atoms with E-state index in [0.717, 1.165) is 19.3 Å². The van der Waals surface area contributed by atoms with Crippen molar-refractivity contribution in [3.63, 3.8) is 0 Å². The maximum absolute atomic E-state index is 8.70. The number of nitrogens with zero attached hydrogens (tertiary/aromatic N) is 1. The van der Waals surface area contributed by atoms with Gasteiger partial charge in [0, 0.05) is 11.5 Å². The second-order valence-corrected chi connectivity index (χ2v) is 6.59. The monoisotopic (exact) mass is 352 g/mol. The molecule has 0 aliphatic heterocycles. The van der Waals surface area contributed by atoms with Gasteiger partial charge < -0.3 is 15.7 Å². The number of ether oxygens (including phenoxy) is 1. The Balaban J connectivity index is 2.40. The quantitative estimate of drug-likeness (QED) is 0.182. The lowest BCUT2D eigenvalue weighted by Gasteiger charge is -2.22. The van der Waals surface area contributed by atoms with Crippen molar-refractivity contribution >= 4 is 40.6 Å². The first kappa shape index (κ1) is 18.2. The molecule has 0 fully saturated rings. The Hall–Kier alpha value is -0.840. The van der Waals surface area contributed by atoms with Gasteiger partial charge in [-0.3, -0.25) is 0 Å². The minimum atomic E-state index is -0.337. The molecule has 0 aliphatic carbocycles. The number of benzene rings is 1. The zero-order chi connectivity index (χ0) is 16.0. The molecule has 0 saturated carbocycles. The molecule has 118 valence electrons. The van der Waals surface area contributed by atoms with Gasteiger partial charge >= 0.3 is 0 Å². The lowest BCUT2D eigenvalue weighted by atomic mass is 9.86. The van der Waals surface area contributed by atoms with Crippen molar-refractivity contribution < 1.29 is 9.94 Å². The third-order valence-corrected chi connectivity index (χ3v) is 4.25. The summed E-state index contributed by atoms with van der Waals surface area (Å²) < 4.78 is 5.59. The van der Waals surface area contributed by atoms with Crippen LogP contribution in [-0.2, 0) is 0 Å². The van der Waals surface area contributed by atoms with Crippen LogP contribution in [0.25, 0.3) is 0 Å². The van der Waals surface area contributed by atoms with E-state index in [4.69, 9.17) is 50.5 Å². The van der Waals surface area contributed by atoms with Crippen molar-refractivity contribution in [2.24, 2.45) is 16.3 Å². The summed E-state index contributed by atoms with van der Waals surface area (Å²) in [5, 5.41) is 13.0. The molecule has 0 aliphatic rings. The van der Waals surface area contributed by atoms with Crippen LogP contribution in [-0.4, -0.2) is 17.6 Å². The average molecular weight is 354 g/mol. The molecule has 0 unspecified atom stereocenters. The second-order valence-electron chi connectivity index (χ2n) is 5.37. The highest BCUT2D eigenvalue weighted by molar-refractivity contribution is 6.43. The molecule has 1 aromatic carbocycles. The van der Waals surface area contributed by atoms with Gasteiger partial charge in [-0.1, -0.05) is 53.8 Å². The number of rotatable bonds is 7. The summed E-state index contributed by atoms with van der Waals surface area (Å²) in [6.45, 7) is 4.36. The van der Waals surface area contributed by atoms with E-state index in [1.807, 2.05) is 13.8 Å². The number of hydrogen-bond acceptors (Lipinski definition) is 3. The Labute approximate surface area is 139 Å². The van der Waals surface area contributed by atoms with E-state index < -0.39 is 0 Å². The van der Waals surface area contributed by atoms with Crippen LogP contribution in [0.3, 0.4) is 0 Å². The summed E-state index contributed by atoms with van der Waals surface area (Å²) in [5.41, 5.74) is 5.29. The Kier molecular flexibility index (Phi) is 6.91. The summed E-state index contributed by atoms with van der Waals surface area (Å²) in [6.07, 6.45) is 2.49. The Morgan fingerprint density at radius 3 is 2.43 bits per heavy atom. The van der Waals surface area contributed by atoms with Crippen molar-refractivity contribution in [1.82, 2.24) is 0 Å². The van der Waals surface area contributed by atoms with Crippen LogP contribution in [0, 0.1) is 5.41 Å². The van der Waals surface area contributed by atoms with Crippen LogP contribution < -0.4 is 10.5 Å². The largest absolute Gasteiger partial charge is 0.492 e. The van der Waals surface area contributed by atoms with E-state index in [1.165, 1.54) is 0 Å². The van der Waals surface area contributed by atoms with Gasteiger partial charge in [0.2, 0.25) is 0 Å². The summed E-state index contributed by atoms with van der Waals surface area (Å²) >= 11 is 17.8. The van der Waals surface area contributed by atoms with Crippen LogP contribution in [0.5, 0.6) is 5.75 Å². The first-order valence-electron chi connectivity index (χ1n) is 6.53. The average Bonchev–Trinajstić information content (AvgIpc) is 2.42. The van der Waals surface area contributed by atoms with Gasteiger partial charge in [-0.2, -0.15) is 0 Å². The first-order chi connectivity index (χ1) is 9.77. The fraction of sp³-hybridized carbons (Fsp3) is 0.500. The fourth-order valence-corrected chi connectivity index (χ4v) is 2.32. The number of amidine groups is 1. The number of hydrogen-bond donors (Lipinski definition) is 2. The molecule has 0 spiro atoms. The lowest BCUT2D eigenvalue weighted by Crippen LogP contribution is -2.31. The van der Waals surface area contributed by atoms with Crippen molar-refractivity contribution in [2.75, 3.05) is 6.61 Å². The highest BCUT2D eigenvalue weighted by Crippen LogP contribution is 2.34. The van der Waals surface area contributed by atoms with Gasteiger partial charge in [0.15, 0.2) is 0 Å². The van der Waals surface area contributed by atoms with E-state index in [0.29, 0.717) is 27.4 Å². The molecule has 0 saturated heterocycles. The zero-order valence-corrected chi connectivity index (χ0v) is 14.3. The van der Waals surface area contributed by atoms with Gasteiger partial charge in [0.05, 0.1) is 21.7 Å². The molecule has 0 aromatic heterocycles. The zero-order valence-electron chi connectivity index (χ0n) is 12.0. The molecule has 0 amide bonds. The molecule has 7 heteroatoms. The highest BCUT2D eigenvalue weighted by Gasteiger charge is 2.22. The molecule has 21 heavy (non-hydrogen) atoms. The van der Waals surface area contributed by atoms with E-state index in [1.54, 1.807) is 12.1 Å². The molecule has 0 atom stereocenters. The predicted octanol–water partition coefficient (Wildman–Crippen LogP) is 4.97. The minimum absolute atomic E-state index is 0.232. The predicted molar refractivity (Wildman–Crippen MR) is 88.0 cm³/mol. The van der Waals surface area contributed by atoms with Crippen molar-refractivity contribution in [2.45, 2.75) is 33.1 Å². The van der Waals surface area contributed by atoms with E-state index in [-0.39, 0.29) is 11.3 Å². The Bertz CT molecular complexity index is 519. The van der Waals surface area contributed by atoms with Gasteiger partial charge in [-0.15, -0.1) is 0 Å². The van der Waals surface area contributed by atoms with Crippen molar-refractivity contribution in [1.29, 1.82) is 0 Å².